The molecule has 0 amide bonds. The standard InChI is InChI=1S/C11H15OS.BF4/c1-13(2)8-10-7-9-5-3-4-6-11(9)12-10;2-1(3,4)5/h3-6,10H,7-8H2,1-2H3;/q+1;-1. The first-order chi connectivity index (χ1) is 8.25. The van der Waals surface area contributed by atoms with Gasteiger partial charge in [-0.25, -0.2) is 0 Å². The Morgan fingerprint density at radius 3 is 2.28 bits per heavy atom. The molecule has 1 aliphatic rings. The summed E-state index contributed by atoms with van der Waals surface area (Å²) in [6, 6.07) is 8.36. The number of para-hydroxylation sites is 1. The molecule has 102 valence electrons. The highest BCUT2D eigenvalue weighted by Crippen LogP contribution is 2.28. The fraction of sp³-hybridized carbons (Fsp3) is 0.455. The SMILES string of the molecule is C[S+](C)CC1Cc2ccccc2O1.F[B-](F)(F)F. The Morgan fingerprint density at radius 1 is 1.22 bits per heavy atom. The third kappa shape index (κ3) is 6.19. The molecule has 1 heterocycles. The summed E-state index contributed by atoms with van der Waals surface area (Å²) in [5, 5.41) is 0. The maximum Gasteiger partial charge on any atom is 0.673 e. The summed E-state index contributed by atoms with van der Waals surface area (Å²) >= 11 is 0. The van der Waals surface area contributed by atoms with Crippen molar-refractivity contribution in [2.75, 3.05) is 18.3 Å². The Bertz CT molecular complexity index is 353. The zero-order chi connectivity index (χ0) is 13.8. The maximum atomic E-state index is 9.75. The fourth-order valence-electron chi connectivity index (χ4n) is 1.72. The summed E-state index contributed by atoms with van der Waals surface area (Å²) in [6.45, 7) is 0. The van der Waals surface area contributed by atoms with Crippen molar-refractivity contribution in [2.24, 2.45) is 0 Å². The van der Waals surface area contributed by atoms with Gasteiger partial charge in [-0.1, -0.05) is 18.2 Å². The highest BCUT2D eigenvalue weighted by Gasteiger charge is 2.26. The number of hydrogen-bond acceptors (Lipinski definition) is 1. The van der Waals surface area contributed by atoms with Gasteiger partial charge in [0, 0.05) is 6.42 Å². The van der Waals surface area contributed by atoms with Gasteiger partial charge in [0.05, 0.1) is 12.5 Å². The van der Waals surface area contributed by atoms with Crippen LogP contribution in [-0.2, 0) is 17.3 Å². The number of hydrogen-bond donors (Lipinski definition) is 0. The number of benzene rings is 1. The second-order valence-electron chi connectivity index (χ2n) is 4.20. The van der Waals surface area contributed by atoms with Gasteiger partial charge in [0.25, 0.3) is 0 Å². The van der Waals surface area contributed by atoms with Gasteiger partial charge in [-0.3, -0.25) is 0 Å². The lowest BCUT2D eigenvalue weighted by Crippen LogP contribution is -2.23. The lowest BCUT2D eigenvalue weighted by molar-refractivity contribution is 0.259. The van der Waals surface area contributed by atoms with E-state index in [0.29, 0.717) is 17.0 Å². The van der Waals surface area contributed by atoms with Crippen molar-refractivity contribution in [1.29, 1.82) is 0 Å². The molecule has 1 atom stereocenters. The van der Waals surface area contributed by atoms with Crippen LogP contribution in [0.15, 0.2) is 24.3 Å². The van der Waals surface area contributed by atoms with Gasteiger partial charge in [0.15, 0.2) is 0 Å². The van der Waals surface area contributed by atoms with Crippen LogP contribution in [0.25, 0.3) is 0 Å². The smallest absolute Gasteiger partial charge is 0.485 e. The third-order valence-electron chi connectivity index (χ3n) is 2.23. The van der Waals surface area contributed by atoms with Crippen LogP contribution in [0.2, 0.25) is 0 Å². The zero-order valence-electron chi connectivity index (χ0n) is 10.2. The first kappa shape index (κ1) is 15.2. The van der Waals surface area contributed by atoms with Crippen LogP contribution in [0.1, 0.15) is 5.56 Å². The highest BCUT2D eigenvalue weighted by molar-refractivity contribution is 7.95. The third-order valence-corrected chi connectivity index (χ3v) is 3.27. The van der Waals surface area contributed by atoms with E-state index in [1.165, 1.54) is 11.3 Å². The summed E-state index contributed by atoms with van der Waals surface area (Å²) in [4.78, 5) is 0. The van der Waals surface area contributed by atoms with Crippen molar-refractivity contribution in [3.05, 3.63) is 29.8 Å². The van der Waals surface area contributed by atoms with Crippen LogP contribution >= 0.6 is 0 Å². The predicted molar refractivity (Wildman–Crippen MR) is 68.8 cm³/mol. The molecular formula is C11H15BF4OS. The summed E-state index contributed by atoms with van der Waals surface area (Å²) in [6.07, 6.45) is 6.07. The Kier molecular flexibility index (Phi) is 5.37. The Hall–Kier alpha value is -0.845. The first-order valence-corrected chi connectivity index (χ1v) is 7.63. The van der Waals surface area contributed by atoms with Gasteiger partial charge in [-0.15, -0.1) is 0 Å². The van der Waals surface area contributed by atoms with E-state index in [1.807, 2.05) is 6.07 Å². The molecule has 0 aliphatic carbocycles. The number of halogens is 4. The lowest BCUT2D eigenvalue weighted by Gasteiger charge is -2.07. The van der Waals surface area contributed by atoms with Gasteiger partial charge < -0.3 is 22.0 Å². The Labute approximate surface area is 107 Å². The van der Waals surface area contributed by atoms with Crippen molar-refractivity contribution >= 4 is 18.1 Å². The summed E-state index contributed by atoms with van der Waals surface area (Å²) < 4.78 is 44.8. The summed E-state index contributed by atoms with van der Waals surface area (Å²) in [7, 11) is -5.52. The van der Waals surface area contributed by atoms with Crippen LogP contribution in [-0.4, -0.2) is 31.6 Å². The van der Waals surface area contributed by atoms with Crippen LogP contribution < -0.4 is 4.74 Å². The zero-order valence-corrected chi connectivity index (χ0v) is 11.0. The van der Waals surface area contributed by atoms with E-state index < -0.39 is 7.25 Å². The minimum atomic E-state index is -6.00. The molecule has 1 aromatic rings. The normalized spacial score (nSPS) is 17.8. The van der Waals surface area contributed by atoms with Crippen molar-refractivity contribution in [1.82, 2.24) is 0 Å². The van der Waals surface area contributed by atoms with Crippen molar-refractivity contribution in [3.63, 3.8) is 0 Å². The van der Waals surface area contributed by atoms with Crippen LogP contribution in [0.5, 0.6) is 5.75 Å². The molecule has 7 heteroatoms. The molecule has 1 aromatic carbocycles. The van der Waals surface area contributed by atoms with Gasteiger partial charge in [-0.2, -0.15) is 0 Å². The molecule has 18 heavy (non-hydrogen) atoms. The molecule has 1 aliphatic heterocycles. The van der Waals surface area contributed by atoms with Crippen molar-refractivity contribution in [3.8, 4) is 5.75 Å². The van der Waals surface area contributed by atoms with E-state index >= 15 is 0 Å². The monoisotopic (exact) mass is 282 g/mol. The average Bonchev–Trinajstić information content (AvgIpc) is 2.55. The van der Waals surface area contributed by atoms with Gasteiger partial charge >= 0.3 is 7.25 Å². The first-order valence-electron chi connectivity index (χ1n) is 5.42. The molecule has 0 saturated heterocycles. The van der Waals surface area contributed by atoms with Crippen molar-refractivity contribution < 1.29 is 22.0 Å². The minimum Gasteiger partial charge on any atom is -0.485 e. The fourth-order valence-corrected chi connectivity index (χ4v) is 2.65. The predicted octanol–water partition coefficient (Wildman–Crippen LogP) is 3.17. The highest BCUT2D eigenvalue weighted by atomic mass is 32.2. The summed E-state index contributed by atoms with van der Waals surface area (Å²) in [5.74, 6) is 2.28. The van der Waals surface area contributed by atoms with E-state index in [2.05, 4.69) is 30.7 Å². The van der Waals surface area contributed by atoms with Crippen LogP contribution in [0.3, 0.4) is 0 Å². The molecule has 0 saturated carbocycles. The molecule has 1 unspecified atom stereocenters. The van der Waals surface area contributed by atoms with E-state index in [-0.39, 0.29) is 0 Å². The van der Waals surface area contributed by atoms with Gasteiger partial charge in [0.1, 0.15) is 17.6 Å². The lowest BCUT2D eigenvalue weighted by atomic mass is 10.1. The molecule has 1 nitrogen and oxygen atoms in total. The van der Waals surface area contributed by atoms with Crippen LogP contribution in [0, 0.1) is 0 Å². The Morgan fingerprint density at radius 2 is 1.78 bits per heavy atom. The Balaban J connectivity index is 0.000000280. The largest absolute Gasteiger partial charge is 0.673 e. The van der Waals surface area contributed by atoms with E-state index in [4.69, 9.17) is 4.74 Å². The molecule has 2 rings (SSSR count). The van der Waals surface area contributed by atoms with E-state index in [0.717, 1.165) is 12.2 Å². The molecule has 0 aromatic heterocycles. The number of fused-ring (bicyclic) bond motifs is 1. The summed E-state index contributed by atoms with van der Waals surface area (Å²) in [5.41, 5.74) is 1.37. The second-order valence-corrected chi connectivity index (χ2v) is 6.50. The average molecular weight is 282 g/mol. The molecule has 0 fully saturated rings. The molecule has 0 spiro atoms. The quantitative estimate of drug-likeness (QED) is 0.460. The topological polar surface area (TPSA) is 9.23 Å². The maximum absolute atomic E-state index is 9.75. The van der Waals surface area contributed by atoms with E-state index in [9.17, 15) is 17.3 Å². The molecular weight excluding hydrogens is 267 g/mol. The minimum absolute atomic E-state index is 0.427. The van der Waals surface area contributed by atoms with Gasteiger partial charge in [-0.05, 0) is 22.5 Å². The van der Waals surface area contributed by atoms with E-state index in [1.54, 1.807) is 0 Å². The molecule has 0 bridgehead atoms. The number of ether oxygens (including phenoxy) is 1. The molecule has 0 radical (unpaired) electrons. The van der Waals surface area contributed by atoms with Crippen molar-refractivity contribution in [2.45, 2.75) is 12.5 Å². The number of rotatable bonds is 2. The second kappa shape index (κ2) is 6.36. The molecule has 0 N–H and O–H groups in total. The van der Waals surface area contributed by atoms with Gasteiger partial charge in [0.2, 0.25) is 0 Å². The van der Waals surface area contributed by atoms with Crippen LogP contribution in [0.4, 0.5) is 17.3 Å².